The van der Waals surface area contributed by atoms with Crippen LogP contribution < -0.4 is 9.21 Å². The summed E-state index contributed by atoms with van der Waals surface area (Å²) in [6, 6.07) is 12.9. The van der Waals surface area contributed by atoms with Crippen LogP contribution >= 0.6 is 0 Å². The maximum atomic E-state index is 14.0. The summed E-state index contributed by atoms with van der Waals surface area (Å²) in [6.45, 7) is 14.9. The Labute approximate surface area is 246 Å². The van der Waals surface area contributed by atoms with Crippen molar-refractivity contribution in [2.24, 2.45) is 11.8 Å². The Balaban J connectivity index is 1.51. The number of rotatable bonds is 8. The van der Waals surface area contributed by atoms with Crippen molar-refractivity contribution in [1.29, 1.82) is 0 Å². The van der Waals surface area contributed by atoms with E-state index in [1.54, 1.807) is 17.0 Å². The lowest BCUT2D eigenvalue weighted by atomic mass is 9.93. The molecule has 9 heteroatoms. The second-order valence-corrected chi connectivity index (χ2v) is 14.7. The quantitative estimate of drug-likeness (QED) is 0.409. The number of nitrogens with zero attached hydrogens (tertiary/aromatic N) is 3. The third-order valence-electron chi connectivity index (χ3n) is 7.87. The Morgan fingerprint density at radius 3 is 2.29 bits per heavy atom. The molecule has 0 spiro atoms. The molecule has 1 fully saturated rings. The minimum atomic E-state index is -3.84. The molecule has 1 saturated heterocycles. The van der Waals surface area contributed by atoms with E-state index in [9.17, 15) is 18.3 Å². The number of anilines is 2. The number of likely N-dealkylation sites (tertiary alicyclic amines) is 1. The molecule has 2 aromatic rings. The number of aryl methyl sites for hydroxylation is 1. The van der Waals surface area contributed by atoms with E-state index in [1.807, 2.05) is 65.0 Å². The number of ether oxygens (including phenoxy) is 1. The first-order valence-electron chi connectivity index (χ1n) is 14.9. The molecule has 2 aliphatic heterocycles. The lowest BCUT2D eigenvalue weighted by Crippen LogP contribution is -2.44. The summed E-state index contributed by atoms with van der Waals surface area (Å²) >= 11 is 0. The van der Waals surface area contributed by atoms with E-state index >= 15 is 0 Å². The van der Waals surface area contributed by atoms with Crippen molar-refractivity contribution in [2.75, 3.05) is 41.9 Å². The zero-order valence-corrected chi connectivity index (χ0v) is 26.3. The number of aliphatic hydroxyl groups is 1. The van der Waals surface area contributed by atoms with Crippen LogP contribution in [-0.4, -0.2) is 62.8 Å². The van der Waals surface area contributed by atoms with Gasteiger partial charge in [0, 0.05) is 44.0 Å². The first-order chi connectivity index (χ1) is 19.3. The molecular formula is C32H47N3O5S. The zero-order valence-electron chi connectivity index (χ0n) is 25.5. The average molecular weight is 586 g/mol. The number of carbonyl (C=O) groups is 1. The van der Waals surface area contributed by atoms with Crippen molar-refractivity contribution in [3.05, 3.63) is 53.6 Å². The van der Waals surface area contributed by atoms with Gasteiger partial charge in [0.15, 0.2) is 0 Å². The van der Waals surface area contributed by atoms with Crippen molar-refractivity contribution in [3.63, 3.8) is 0 Å². The van der Waals surface area contributed by atoms with Gasteiger partial charge in [-0.05, 0) is 94.2 Å². The van der Waals surface area contributed by atoms with Crippen LogP contribution in [0.25, 0.3) is 0 Å². The first-order valence-corrected chi connectivity index (χ1v) is 16.4. The molecule has 0 aliphatic carbocycles. The Morgan fingerprint density at radius 2 is 1.71 bits per heavy atom. The normalized spacial score (nSPS) is 18.4. The molecule has 8 nitrogen and oxygen atoms in total. The van der Waals surface area contributed by atoms with Crippen molar-refractivity contribution < 1.29 is 23.1 Å². The summed E-state index contributed by atoms with van der Waals surface area (Å²) in [5, 5.41) is 10.9. The number of piperidine rings is 1. The third kappa shape index (κ3) is 7.55. The Bertz CT molecular complexity index is 1300. The van der Waals surface area contributed by atoms with Crippen molar-refractivity contribution in [3.8, 4) is 0 Å². The van der Waals surface area contributed by atoms with Gasteiger partial charge in [0.2, 0.25) is 0 Å². The lowest BCUT2D eigenvalue weighted by Gasteiger charge is -2.39. The van der Waals surface area contributed by atoms with Crippen LogP contribution in [0.1, 0.15) is 78.0 Å². The highest BCUT2D eigenvalue weighted by Gasteiger charge is 2.32. The molecule has 1 atom stereocenters. The van der Waals surface area contributed by atoms with Crippen LogP contribution in [0.3, 0.4) is 0 Å². The van der Waals surface area contributed by atoms with Crippen LogP contribution in [0.4, 0.5) is 16.2 Å². The summed E-state index contributed by atoms with van der Waals surface area (Å²) in [6.07, 6.45) is 2.21. The van der Waals surface area contributed by atoms with Gasteiger partial charge in [-0.1, -0.05) is 32.9 Å². The van der Waals surface area contributed by atoms with Gasteiger partial charge in [-0.2, -0.15) is 0 Å². The minimum absolute atomic E-state index is 0.135. The smallest absolute Gasteiger partial charge is 0.410 e. The van der Waals surface area contributed by atoms with E-state index in [1.165, 1.54) is 4.31 Å². The molecule has 4 rings (SSSR count). The van der Waals surface area contributed by atoms with E-state index in [0.717, 1.165) is 37.1 Å². The molecule has 2 aromatic carbocycles. The second kappa shape index (κ2) is 12.6. The summed E-state index contributed by atoms with van der Waals surface area (Å²) < 4.78 is 35.0. The molecule has 2 heterocycles. The predicted octanol–water partition coefficient (Wildman–Crippen LogP) is 5.99. The fraction of sp³-hybridized carbons (Fsp3) is 0.594. The fourth-order valence-corrected chi connectivity index (χ4v) is 7.29. The van der Waals surface area contributed by atoms with E-state index in [2.05, 4.69) is 11.8 Å². The highest BCUT2D eigenvalue weighted by Crippen LogP contribution is 2.38. The highest BCUT2D eigenvalue weighted by molar-refractivity contribution is 7.92. The molecule has 226 valence electrons. The molecule has 2 aliphatic rings. The Kier molecular flexibility index (Phi) is 9.59. The summed E-state index contributed by atoms with van der Waals surface area (Å²) in [5.74, 6) is 0.531. The largest absolute Gasteiger partial charge is 0.444 e. The van der Waals surface area contributed by atoms with E-state index in [-0.39, 0.29) is 16.9 Å². The number of hydrogen-bond acceptors (Lipinski definition) is 6. The lowest BCUT2D eigenvalue weighted by molar-refractivity contribution is 0.0185. The van der Waals surface area contributed by atoms with Crippen molar-refractivity contribution >= 4 is 27.5 Å². The van der Waals surface area contributed by atoms with Gasteiger partial charge >= 0.3 is 6.09 Å². The Morgan fingerprint density at radius 1 is 1.05 bits per heavy atom. The van der Waals surface area contributed by atoms with Crippen LogP contribution in [0.15, 0.2) is 47.4 Å². The number of hydrogen-bond donors (Lipinski definition) is 1. The van der Waals surface area contributed by atoms with Gasteiger partial charge in [-0.25, -0.2) is 13.2 Å². The van der Waals surface area contributed by atoms with Crippen LogP contribution in [0.5, 0.6) is 0 Å². The minimum Gasteiger partial charge on any atom is -0.444 e. The molecule has 0 bridgehead atoms. The number of carbonyl (C=O) groups excluding carboxylic acids is 1. The molecule has 0 aromatic heterocycles. The molecule has 1 amide bonds. The maximum absolute atomic E-state index is 14.0. The second-order valence-electron chi connectivity index (χ2n) is 12.8. The van der Waals surface area contributed by atoms with Crippen LogP contribution in [0.2, 0.25) is 0 Å². The fourth-order valence-electron chi connectivity index (χ4n) is 5.63. The molecule has 1 N–H and O–H groups in total. The maximum Gasteiger partial charge on any atom is 0.410 e. The van der Waals surface area contributed by atoms with Gasteiger partial charge in [-0.15, -0.1) is 0 Å². The number of fused-ring (bicyclic) bond motifs is 1. The first kappa shape index (κ1) is 31.2. The van der Waals surface area contributed by atoms with Crippen molar-refractivity contribution in [2.45, 2.75) is 83.8 Å². The van der Waals surface area contributed by atoms with Gasteiger partial charge in [0.25, 0.3) is 10.0 Å². The van der Waals surface area contributed by atoms with Gasteiger partial charge in [-0.3, -0.25) is 4.31 Å². The molecule has 41 heavy (non-hydrogen) atoms. The molecule has 0 radical (unpaired) electrons. The van der Waals surface area contributed by atoms with Gasteiger partial charge in [0.05, 0.1) is 16.7 Å². The molecule has 0 saturated carbocycles. The number of benzene rings is 2. The number of sulfonamides is 1. The highest BCUT2D eigenvalue weighted by atomic mass is 32.2. The third-order valence-corrected chi connectivity index (χ3v) is 9.66. The molecular weight excluding hydrogens is 538 g/mol. The Hall–Kier alpha value is -2.78. The zero-order chi connectivity index (χ0) is 29.9. The predicted molar refractivity (Wildman–Crippen MR) is 164 cm³/mol. The summed E-state index contributed by atoms with van der Waals surface area (Å²) in [5.41, 5.74) is 2.84. The van der Waals surface area contributed by atoms with Crippen molar-refractivity contribution in [1.82, 2.24) is 4.90 Å². The summed E-state index contributed by atoms with van der Waals surface area (Å²) in [7, 11) is -3.84. The number of aliphatic hydroxyl groups excluding tert-OH is 1. The average Bonchev–Trinajstić information content (AvgIpc) is 2.92. The topological polar surface area (TPSA) is 90.4 Å². The van der Waals surface area contributed by atoms with E-state index in [4.69, 9.17) is 4.74 Å². The standard InChI is InChI=1S/C32H47N3O5S/c1-7-24-8-10-26(11-9-24)35(21-23(2)3)41(38,39)27-12-13-29-28(20-27)30(36)16-19-34(29)22-25-14-17-33(18-15-25)31(37)40-32(4,5)6/h8-13,20,23,25,30,36H,7,14-19,21-22H2,1-6H3. The van der Waals surface area contributed by atoms with E-state index in [0.29, 0.717) is 49.8 Å². The molecule has 1 unspecified atom stereocenters. The monoisotopic (exact) mass is 585 g/mol. The van der Waals surface area contributed by atoms with Crippen LogP contribution in [0, 0.1) is 11.8 Å². The SMILES string of the molecule is CCc1ccc(N(CC(C)C)S(=O)(=O)c2ccc3c(c2)C(O)CCN3CC2CCN(C(=O)OC(C)(C)C)CC2)cc1. The summed E-state index contributed by atoms with van der Waals surface area (Å²) in [4.78, 5) is 16.7. The van der Waals surface area contributed by atoms with Crippen LogP contribution in [-0.2, 0) is 21.2 Å². The number of amides is 1. The van der Waals surface area contributed by atoms with E-state index < -0.39 is 21.7 Å². The van der Waals surface area contributed by atoms with Gasteiger partial charge in [0.1, 0.15) is 5.60 Å². The van der Waals surface area contributed by atoms with Gasteiger partial charge < -0.3 is 19.6 Å².